The van der Waals surface area contributed by atoms with Gasteiger partial charge >= 0.3 is 27.3 Å². The van der Waals surface area contributed by atoms with Crippen LogP contribution < -0.4 is 0 Å². The van der Waals surface area contributed by atoms with Crippen LogP contribution in [0.5, 0.6) is 0 Å². The van der Waals surface area contributed by atoms with Crippen molar-refractivity contribution in [3.63, 3.8) is 0 Å². The van der Waals surface area contributed by atoms with Gasteiger partial charge in [-0.05, 0) is 60.7 Å². The van der Waals surface area contributed by atoms with E-state index < -0.39 is 45.7 Å². The Hall–Kier alpha value is -1.89. The Kier molecular flexibility index (Phi) is 8.59. The Labute approximate surface area is 237 Å². The number of rotatable bonds is 9. The molecular weight excluding hydrogens is 572 g/mol. The first kappa shape index (κ1) is 32.0. The molecule has 13 heteroatoms. The Morgan fingerprint density at radius 1 is 1.10 bits per heavy atom. The van der Waals surface area contributed by atoms with Crippen LogP contribution in [0.1, 0.15) is 78.6 Å². The van der Waals surface area contributed by atoms with E-state index in [1.165, 1.54) is 0 Å². The highest BCUT2D eigenvalue weighted by atomic mass is 32.2. The van der Waals surface area contributed by atoms with Gasteiger partial charge in [0.1, 0.15) is 17.3 Å². The zero-order chi connectivity index (χ0) is 30.7. The highest BCUT2D eigenvalue weighted by molar-refractivity contribution is 7.87. The second-order valence-electron chi connectivity index (χ2n) is 13.0. The summed E-state index contributed by atoms with van der Waals surface area (Å²) in [6.07, 6.45) is 1.11. The number of esters is 1. The van der Waals surface area contributed by atoms with Gasteiger partial charge in [0.05, 0.1) is 13.0 Å². The molecule has 0 radical (unpaired) electrons. The van der Waals surface area contributed by atoms with Crippen LogP contribution in [-0.4, -0.2) is 54.1 Å². The average Bonchev–Trinajstić information content (AvgIpc) is 3.19. The van der Waals surface area contributed by atoms with Crippen molar-refractivity contribution in [3.8, 4) is 0 Å². The Balaban J connectivity index is 1.36. The molecule has 9 atom stereocenters. The number of Topliss-reactive ketones (excluding diaryl/α,β-unsaturated/α-hetero) is 3. The van der Waals surface area contributed by atoms with E-state index in [2.05, 4.69) is 4.74 Å². The van der Waals surface area contributed by atoms with Crippen LogP contribution in [0.25, 0.3) is 0 Å². The Morgan fingerprint density at radius 2 is 1.76 bits per heavy atom. The molecule has 1 N–H and O–H groups in total. The van der Waals surface area contributed by atoms with E-state index in [4.69, 9.17) is 4.55 Å². The number of ether oxygens (including phenoxy) is 1. The fraction of sp³-hybridized carbons (Fsp3) is 0.857. The second kappa shape index (κ2) is 11.0. The molecule has 8 nitrogen and oxygen atoms in total. The molecule has 0 bridgehead atoms. The van der Waals surface area contributed by atoms with Gasteiger partial charge in [-0.2, -0.15) is 26.0 Å². The predicted octanol–water partition coefficient (Wildman–Crippen LogP) is 4.89. The molecule has 41 heavy (non-hydrogen) atoms. The topological polar surface area (TPSA) is 132 Å². The molecule has 4 aliphatic carbocycles. The molecule has 2 unspecified atom stereocenters. The average molecular weight is 611 g/mol. The third-order valence-corrected chi connectivity index (χ3v) is 11.7. The number of hydrogen-bond acceptors (Lipinski definition) is 7. The molecule has 0 saturated heterocycles. The molecule has 4 aliphatic rings. The minimum absolute atomic E-state index is 0.00138. The SMILES string of the molecule is C[C@@H]1CC(=O)CC2CC(=O)[C@@H]3[C@H](CC(=O)[C@]4(C)[C@@H]([C@H](C)CCC(=O)OCCC(F)(F)C(F)(F)S(=O)(=O)O)CC[C@@H]34)C21. The van der Waals surface area contributed by atoms with Gasteiger partial charge in [-0.25, -0.2) is 0 Å². The number of fused-ring (bicyclic) bond motifs is 5. The van der Waals surface area contributed by atoms with Crippen LogP contribution in [-0.2, 0) is 34.0 Å². The molecule has 0 spiro atoms. The van der Waals surface area contributed by atoms with Crippen LogP contribution in [0.2, 0.25) is 0 Å². The van der Waals surface area contributed by atoms with E-state index in [1.54, 1.807) is 0 Å². The summed E-state index contributed by atoms with van der Waals surface area (Å²) in [6.45, 7) is 4.65. The number of halogens is 4. The lowest BCUT2D eigenvalue weighted by Crippen LogP contribution is -2.57. The van der Waals surface area contributed by atoms with Crippen molar-refractivity contribution < 1.29 is 54.4 Å². The molecule has 4 rings (SSSR count). The zero-order valence-corrected chi connectivity index (χ0v) is 24.2. The highest BCUT2D eigenvalue weighted by Crippen LogP contribution is 2.64. The first-order valence-electron chi connectivity index (χ1n) is 14.3. The molecule has 0 aromatic rings. The molecule has 0 heterocycles. The van der Waals surface area contributed by atoms with Crippen LogP contribution >= 0.6 is 0 Å². The standard InChI is InChI=1S/C28H38F4O8S/c1-14(4-7-23(36)40-9-8-27(29,30)28(31,32)41(37,38)39)19-5-6-20-25-18(13-22(35)26(19,20)3)24-15(2)10-17(33)11-16(24)12-21(25)34/h14-16,18-20,24-25H,4-13H2,1-3H3,(H,37,38,39)/t14-,15-,16?,18-,19-,20+,24?,25-,26-/m1/s1. The second-order valence-corrected chi connectivity index (χ2v) is 14.5. The predicted molar refractivity (Wildman–Crippen MR) is 136 cm³/mol. The van der Waals surface area contributed by atoms with Crippen molar-refractivity contribution in [1.82, 2.24) is 0 Å². The van der Waals surface area contributed by atoms with Gasteiger partial charge in [0, 0.05) is 43.4 Å². The third kappa shape index (κ3) is 5.49. The first-order valence-corrected chi connectivity index (χ1v) is 15.7. The summed E-state index contributed by atoms with van der Waals surface area (Å²) in [4.78, 5) is 51.6. The maximum atomic E-state index is 13.8. The quantitative estimate of drug-likeness (QED) is 0.222. The van der Waals surface area contributed by atoms with Gasteiger partial charge in [-0.1, -0.05) is 20.8 Å². The van der Waals surface area contributed by atoms with Crippen molar-refractivity contribution in [2.24, 2.45) is 52.8 Å². The summed E-state index contributed by atoms with van der Waals surface area (Å²) in [5, 5.41) is -5.73. The van der Waals surface area contributed by atoms with Crippen molar-refractivity contribution in [2.45, 2.75) is 89.7 Å². The molecule has 0 amide bonds. The Bertz CT molecular complexity index is 1200. The Morgan fingerprint density at radius 3 is 2.39 bits per heavy atom. The molecule has 4 saturated carbocycles. The summed E-state index contributed by atoms with van der Waals surface area (Å²) in [5.74, 6) is -6.11. The van der Waals surface area contributed by atoms with E-state index in [0.717, 1.165) is 0 Å². The molecular formula is C28H38F4O8S. The van der Waals surface area contributed by atoms with Gasteiger partial charge in [0.15, 0.2) is 0 Å². The number of alkyl halides is 4. The maximum Gasteiger partial charge on any atom is 0.431 e. The van der Waals surface area contributed by atoms with E-state index >= 15 is 0 Å². The summed E-state index contributed by atoms with van der Waals surface area (Å²) in [5.41, 5.74) is -0.760. The van der Waals surface area contributed by atoms with Gasteiger partial charge in [0.2, 0.25) is 0 Å². The van der Waals surface area contributed by atoms with Gasteiger partial charge in [0.25, 0.3) is 0 Å². The monoisotopic (exact) mass is 610 g/mol. The smallest absolute Gasteiger partial charge is 0.431 e. The van der Waals surface area contributed by atoms with Gasteiger partial charge < -0.3 is 4.74 Å². The number of ketones is 3. The normalized spacial score (nSPS) is 36.8. The number of hydrogen-bond donors (Lipinski definition) is 1. The van der Waals surface area contributed by atoms with Crippen LogP contribution in [0.3, 0.4) is 0 Å². The van der Waals surface area contributed by atoms with Gasteiger partial charge in [-0.15, -0.1) is 0 Å². The summed E-state index contributed by atoms with van der Waals surface area (Å²) >= 11 is 0. The lowest BCUT2D eigenvalue weighted by molar-refractivity contribution is -0.174. The molecule has 0 aromatic carbocycles. The van der Waals surface area contributed by atoms with E-state index in [-0.39, 0.29) is 84.0 Å². The first-order chi connectivity index (χ1) is 18.8. The summed E-state index contributed by atoms with van der Waals surface area (Å²) in [7, 11) is -6.37. The van der Waals surface area contributed by atoms with Crippen LogP contribution in [0.15, 0.2) is 0 Å². The molecule has 0 aliphatic heterocycles. The number of carbonyl (C=O) groups is 4. The van der Waals surface area contributed by atoms with Crippen LogP contribution in [0.4, 0.5) is 17.6 Å². The largest absolute Gasteiger partial charge is 0.465 e. The van der Waals surface area contributed by atoms with E-state index in [9.17, 15) is 45.2 Å². The lowest BCUT2D eigenvalue weighted by Gasteiger charge is -2.55. The van der Waals surface area contributed by atoms with Crippen molar-refractivity contribution in [1.29, 1.82) is 0 Å². The maximum absolute atomic E-state index is 13.8. The molecule has 4 fully saturated rings. The van der Waals surface area contributed by atoms with Crippen molar-refractivity contribution in [2.75, 3.05) is 6.61 Å². The van der Waals surface area contributed by atoms with E-state index in [1.807, 2.05) is 20.8 Å². The summed E-state index contributed by atoms with van der Waals surface area (Å²) < 4.78 is 88.1. The number of carbonyl (C=O) groups excluding carboxylic acids is 4. The van der Waals surface area contributed by atoms with Crippen LogP contribution in [0, 0.1) is 52.8 Å². The highest BCUT2D eigenvalue weighted by Gasteiger charge is 2.66. The fourth-order valence-corrected chi connectivity index (χ4v) is 9.35. The van der Waals surface area contributed by atoms with Crippen molar-refractivity contribution >= 4 is 33.4 Å². The summed E-state index contributed by atoms with van der Waals surface area (Å²) in [6, 6.07) is 0. The van der Waals surface area contributed by atoms with Crippen molar-refractivity contribution in [3.05, 3.63) is 0 Å². The van der Waals surface area contributed by atoms with Gasteiger partial charge in [-0.3, -0.25) is 23.7 Å². The fourth-order valence-electron chi connectivity index (χ4n) is 8.87. The lowest BCUT2D eigenvalue weighted by atomic mass is 9.47. The minimum Gasteiger partial charge on any atom is -0.465 e. The zero-order valence-electron chi connectivity index (χ0n) is 23.4. The minimum atomic E-state index is -6.37. The van der Waals surface area contributed by atoms with E-state index in [0.29, 0.717) is 32.1 Å². The molecule has 232 valence electrons. The molecule has 0 aromatic heterocycles. The third-order valence-electron chi connectivity index (χ3n) is 10.7.